The Bertz CT molecular complexity index is 1140. The molecule has 1 aliphatic rings. The lowest BCUT2D eigenvalue weighted by Gasteiger charge is -2.12. The molecular weight excluding hydrogens is 446 g/mol. The Morgan fingerprint density at radius 2 is 1.64 bits per heavy atom. The molecule has 0 heterocycles. The zero-order valence-electron chi connectivity index (χ0n) is 18.5. The molecule has 2 aromatic carbocycles. The standard InChI is InChI=1S/C23H27N3O6S/c1-15-7-12-20(13-16(15)2)33(30,31)26-19-10-8-17(9-11-19)22(28)32-14-21(27)25-23(29)24-18-5-3-4-6-18/h7-13,18,26H,3-6,14H2,1-2H3,(H2,24,25,27,29). The van der Waals surface area contributed by atoms with Crippen molar-refractivity contribution < 1.29 is 27.5 Å². The molecule has 3 rings (SSSR count). The molecule has 0 bridgehead atoms. The molecule has 3 amide bonds. The quantitative estimate of drug-likeness (QED) is 0.530. The molecule has 0 spiro atoms. The van der Waals surface area contributed by atoms with Crippen molar-refractivity contribution >= 4 is 33.6 Å². The highest BCUT2D eigenvalue weighted by molar-refractivity contribution is 7.92. The average molecular weight is 474 g/mol. The van der Waals surface area contributed by atoms with Gasteiger partial charge in [-0.15, -0.1) is 0 Å². The molecule has 0 unspecified atom stereocenters. The van der Waals surface area contributed by atoms with E-state index in [1.54, 1.807) is 12.1 Å². The zero-order chi connectivity index (χ0) is 24.0. The molecule has 9 nitrogen and oxygen atoms in total. The molecule has 33 heavy (non-hydrogen) atoms. The smallest absolute Gasteiger partial charge is 0.338 e. The number of esters is 1. The van der Waals surface area contributed by atoms with Gasteiger partial charge in [0.25, 0.3) is 15.9 Å². The van der Waals surface area contributed by atoms with E-state index in [0.29, 0.717) is 0 Å². The molecule has 0 aliphatic heterocycles. The summed E-state index contributed by atoms with van der Waals surface area (Å²) in [5.74, 6) is -1.51. The summed E-state index contributed by atoms with van der Waals surface area (Å²) < 4.78 is 32.5. The number of nitrogens with one attached hydrogen (secondary N) is 3. The Morgan fingerprint density at radius 3 is 2.27 bits per heavy atom. The highest BCUT2D eigenvalue weighted by Crippen LogP contribution is 2.20. The molecule has 0 atom stereocenters. The van der Waals surface area contributed by atoms with Crippen LogP contribution >= 0.6 is 0 Å². The van der Waals surface area contributed by atoms with Gasteiger partial charge in [0.1, 0.15) is 0 Å². The Hall–Kier alpha value is -3.40. The van der Waals surface area contributed by atoms with Crippen LogP contribution in [-0.2, 0) is 19.6 Å². The highest BCUT2D eigenvalue weighted by Gasteiger charge is 2.19. The third kappa shape index (κ3) is 6.79. The molecule has 1 saturated carbocycles. The summed E-state index contributed by atoms with van der Waals surface area (Å²) >= 11 is 0. The van der Waals surface area contributed by atoms with Crippen LogP contribution in [-0.4, -0.2) is 39.0 Å². The minimum atomic E-state index is -3.78. The molecule has 1 aliphatic carbocycles. The van der Waals surface area contributed by atoms with Crippen LogP contribution in [0.1, 0.15) is 47.2 Å². The van der Waals surface area contributed by atoms with E-state index in [1.807, 2.05) is 13.8 Å². The number of ether oxygens (including phenoxy) is 1. The van der Waals surface area contributed by atoms with E-state index in [2.05, 4.69) is 15.4 Å². The Morgan fingerprint density at radius 1 is 0.970 bits per heavy atom. The molecule has 176 valence electrons. The van der Waals surface area contributed by atoms with Gasteiger partial charge in [0.15, 0.2) is 6.61 Å². The van der Waals surface area contributed by atoms with E-state index in [9.17, 15) is 22.8 Å². The SMILES string of the molecule is Cc1ccc(S(=O)(=O)Nc2ccc(C(=O)OCC(=O)NC(=O)NC3CCCC3)cc2)cc1C. The van der Waals surface area contributed by atoms with Crippen LogP contribution in [0.25, 0.3) is 0 Å². The number of imide groups is 1. The first kappa shape index (κ1) is 24.2. The topological polar surface area (TPSA) is 131 Å². The number of carbonyl (C=O) groups excluding carboxylic acids is 3. The number of urea groups is 1. The van der Waals surface area contributed by atoms with Crippen molar-refractivity contribution in [2.45, 2.75) is 50.5 Å². The van der Waals surface area contributed by atoms with E-state index < -0.39 is 34.5 Å². The van der Waals surface area contributed by atoms with Gasteiger partial charge in [0.2, 0.25) is 0 Å². The number of rotatable bonds is 7. The summed E-state index contributed by atoms with van der Waals surface area (Å²) in [5, 5.41) is 4.83. The summed E-state index contributed by atoms with van der Waals surface area (Å²) in [6.45, 7) is 3.11. The van der Waals surface area contributed by atoms with Gasteiger partial charge in [-0.25, -0.2) is 18.0 Å². The second-order valence-corrected chi connectivity index (χ2v) is 9.69. The molecule has 0 saturated heterocycles. The van der Waals surface area contributed by atoms with Crippen molar-refractivity contribution in [2.75, 3.05) is 11.3 Å². The van der Waals surface area contributed by atoms with Crippen molar-refractivity contribution in [2.24, 2.45) is 0 Å². The number of aryl methyl sites for hydroxylation is 2. The number of hydrogen-bond donors (Lipinski definition) is 3. The molecule has 1 fully saturated rings. The van der Waals surface area contributed by atoms with Crippen LogP contribution in [0.4, 0.5) is 10.5 Å². The maximum absolute atomic E-state index is 12.6. The number of sulfonamides is 1. The maximum Gasteiger partial charge on any atom is 0.338 e. The van der Waals surface area contributed by atoms with Gasteiger partial charge in [-0.3, -0.25) is 14.8 Å². The summed E-state index contributed by atoms with van der Waals surface area (Å²) in [5.41, 5.74) is 2.24. The fourth-order valence-corrected chi connectivity index (χ4v) is 4.58. The lowest BCUT2D eigenvalue weighted by molar-refractivity contribution is -0.123. The lowest BCUT2D eigenvalue weighted by Crippen LogP contribution is -2.44. The first-order chi connectivity index (χ1) is 15.6. The van der Waals surface area contributed by atoms with Gasteiger partial charge in [-0.1, -0.05) is 18.9 Å². The van der Waals surface area contributed by atoms with Gasteiger partial charge in [0, 0.05) is 11.7 Å². The van der Waals surface area contributed by atoms with Crippen LogP contribution in [0, 0.1) is 13.8 Å². The Kier molecular flexibility index (Phi) is 7.70. The van der Waals surface area contributed by atoms with Crippen molar-refractivity contribution in [1.29, 1.82) is 0 Å². The third-order valence-corrected chi connectivity index (χ3v) is 6.82. The van der Waals surface area contributed by atoms with Gasteiger partial charge < -0.3 is 10.1 Å². The first-order valence-corrected chi connectivity index (χ1v) is 12.1. The molecule has 0 aromatic heterocycles. The van der Waals surface area contributed by atoms with Crippen molar-refractivity contribution in [1.82, 2.24) is 10.6 Å². The lowest BCUT2D eigenvalue weighted by atomic mass is 10.1. The van der Waals surface area contributed by atoms with Crippen LogP contribution in [0.3, 0.4) is 0 Å². The van der Waals surface area contributed by atoms with E-state index in [1.165, 1.54) is 30.3 Å². The van der Waals surface area contributed by atoms with Crippen molar-refractivity contribution in [3.8, 4) is 0 Å². The van der Waals surface area contributed by atoms with Gasteiger partial charge in [0.05, 0.1) is 10.5 Å². The zero-order valence-corrected chi connectivity index (χ0v) is 19.3. The Balaban J connectivity index is 1.50. The minimum absolute atomic E-state index is 0.0614. The van der Waals surface area contributed by atoms with E-state index in [-0.39, 0.29) is 22.2 Å². The second-order valence-electron chi connectivity index (χ2n) is 8.01. The molecule has 3 N–H and O–H groups in total. The number of amides is 3. The van der Waals surface area contributed by atoms with Crippen molar-refractivity contribution in [3.05, 3.63) is 59.2 Å². The monoisotopic (exact) mass is 473 g/mol. The normalized spacial score (nSPS) is 13.9. The second kappa shape index (κ2) is 10.5. The van der Waals surface area contributed by atoms with Gasteiger partial charge in [-0.05, 0) is 74.2 Å². The Labute approximate surface area is 193 Å². The number of benzene rings is 2. The molecular formula is C23H27N3O6S. The van der Waals surface area contributed by atoms with Crippen LogP contribution in [0.5, 0.6) is 0 Å². The average Bonchev–Trinajstić information content (AvgIpc) is 3.27. The first-order valence-electron chi connectivity index (χ1n) is 10.6. The maximum atomic E-state index is 12.6. The van der Waals surface area contributed by atoms with Crippen LogP contribution in [0.2, 0.25) is 0 Å². The molecule has 0 radical (unpaired) electrons. The van der Waals surface area contributed by atoms with Gasteiger partial charge >= 0.3 is 12.0 Å². The van der Waals surface area contributed by atoms with Crippen LogP contribution < -0.4 is 15.4 Å². The fraction of sp³-hybridized carbons (Fsp3) is 0.348. The van der Waals surface area contributed by atoms with E-state index in [4.69, 9.17) is 4.74 Å². The summed E-state index contributed by atoms with van der Waals surface area (Å²) in [6.07, 6.45) is 3.85. The highest BCUT2D eigenvalue weighted by atomic mass is 32.2. The predicted octanol–water partition coefficient (Wildman–Crippen LogP) is 3.03. The summed E-state index contributed by atoms with van der Waals surface area (Å²) in [7, 11) is -3.78. The number of hydrogen-bond acceptors (Lipinski definition) is 6. The molecule has 10 heteroatoms. The number of anilines is 1. The largest absolute Gasteiger partial charge is 0.452 e. The van der Waals surface area contributed by atoms with E-state index >= 15 is 0 Å². The fourth-order valence-electron chi connectivity index (χ4n) is 3.44. The third-order valence-electron chi connectivity index (χ3n) is 5.44. The van der Waals surface area contributed by atoms with Gasteiger partial charge in [-0.2, -0.15) is 0 Å². The van der Waals surface area contributed by atoms with E-state index in [0.717, 1.165) is 36.8 Å². The molecule has 2 aromatic rings. The number of carbonyl (C=O) groups is 3. The van der Waals surface area contributed by atoms with Crippen LogP contribution in [0.15, 0.2) is 47.4 Å². The summed E-state index contributed by atoms with van der Waals surface area (Å²) in [4.78, 5) is 35.9. The predicted molar refractivity (Wildman–Crippen MR) is 122 cm³/mol. The summed E-state index contributed by atoms with van der Waals surface area (Å²) in [6, 6.07) is 9.90. The minimum Gasteiger partial charge on any atom is -0.452 e. The van der Waals surface area contributed by atoms with Crippen molar-refractivity contribution in [3.63, 3.8) is 0 Å².